The molecule has 0 saturated heterocycles. The average molecular weight is 377 g/mol. The van der Waals surface area contributed by atoms with Gasteiger partial charge in [0.1, 0.15) is 11.3 Å². The van der Waals surface area contributed by atoms with Crippen LogP contribution in [0.4, 0.5) is 5.69 Å². The molecular weight excluding hydrogens is 365 g/mol. The zero-order valence-electron chi connectivity index (χ0n) is 10.8. The summed E-state index contributed by atoms with van der Waals surface area (Å²) in [6, 6.07) is 11.6. The number of carbonyl (C=O) groups is 1. The highest BCUT2D eigenvalue weighted by molar-refractivity contribution is 14.1. The average Bonchev–Trinajstić information content (AvgIpc) is 2.84. The van der Waals surface area contributed by atoms with Crippen LogP contribution in [-0.2, 0) is 0 Å². The number of nitrogens with one attached hydrogen (secondary N) is 1. The van der Waals surface area contributed by atoms with Crippen molar-refractivity contribution >= 4 is 39.8 Å². The number of rotatable bonds is 2. The minimum Gasteiger partial charge on any atom is -0.321 e. The van der Waals surface area contributed by atoms with Gasteiger partial charge in [0, 0.05) is 21.7 Å². The lowest BCUT2D eigenvalue weighted by molar-refractivity contribution is 0.102. The second-order valence-corrected chi connectivity index (χ2v) is 5.80. The number of aryl methyl sites for hydroxylation is 1. The first-order valence-electron chi connectivity index (χ1n) is 6.14. The molecule has 3 aromatic rings. The third-order valence-corrected chi connectivity index (χ3v) is 3.67. The van der Waals surface area contributed by atoms with Gasteiger partial charge in [-0.2, -0.15) is 0 Å². The number of nitrogens with zero attached hydrogens (tertiary/aromatic N) is 2. The minimum atomic E-state index is -0.201. The van der Waals surface area contributed by atoms with Crippen molar-refractivity contribution in [3.8, 4) is 0 Å². The maximum Gasteiger partial charge on any atom is 0.275 e. The fourth-order valence-electron chi connectivity index (χ4n) is 1.92. The molecule has 1 aromatic carbocycles. The van der Waals surface area contributed by atoms with Crippen molar-refractivity contribution in [2.24, 2.45) is 0 Å². The number of fused-ring (bicyclic) bond motifs is 1. The van der Waals surface area contributed by atoms with Gasteiger partial charge in [-0.05, 0) is 71.5 Å². The van der Waals surface area contributed by atoms with E-state index in [4.69, 9.17) is 0 Å². The van der Waals surface area contributed by atoms with E-state index in [-0.39, 0.29) is 5.91 Å². The topological polar surface area (TPSA) is 46.4 Å². The van der Waals surface area contributed by atoms with Gasteiger partial charge in [-0.3, -0.25) is 4.79 Å². The van der Waals surface area contributed by atoms with E-state index < -0.39 is 0 Å². The van der Waals surface area contributed by atoms with Gasteiger partial charge in [0.15, 0.2) is 0 Å². The van der Waals surface area contributed by atoms with Crippen LogP contribution in [0.1, 0.15) is 16.1 Å². The van der Waals surface area contributed by atoms with Crippen molar-refractivity contribution in [1.82, 2.24) is 9.38 Å². The van der Waals surface area contributed by atoms with Crippen molar-refractivity contribution in [2.45, 2.75) is 6.92 Å². The molecule has 0 bridgehead atoms. The largest absolute Gasteiger partial charge is 0.321 e. The zero-order valence-corrected chi connectivity index (χ0v) is 13.0. The van der Waals surface area contributed by atoms with E-state index in [1.807, 2.05) is 53.9 Å². The molecule has 20 heavy (non-hydrogen) atoms. The third kappa shape index (κ3) is 2.67. The molecule has 5 heteroatoms. The van der Waals surface area contributed by atoms with Gasteiger partial charge in [-0.1, -0.05) is 0 Å². The van der Waals surface area contributed by atoms with Crippen LogP contribution in [0.25, 0.3) is 5.65 Å². The predicted octanol–water partition coefficient (Wildman–Crippen LogP) is 3.50. The minimum absolute atomic E-state index is 0.201. The molecule has 2 aromatic heterocycles. The van der Waals surface area contributed by atoms with Gasteiger partial charge in [-0.25, -0.2) is 4.98 Å². The summed E-state index contributed by atoms with van der Waals surface area (Å²) in [5.41, 5.74) is 3.07. The Morgan fingerprint density at radius 3 is 2.75 bits per heavy atom. The molecular formula is C15H12IN3O. The first-order chi connectivity index (χ1) is 9.61. The molecule has 100 valence electrons. The predicted molar refractivity (Wildman–Crippen MR) is 87.0 cm³/mol. The molecule has 0 aliphatic carbocycles. The fourth-order valence-corrected chi connectivity index (χ4v) is 2.28. The van der Waals surface area contributed by atoms with E-state index in [0.29, 0.717) is 5.69 Å². The van der Waals surface area contributed by atoms with Crippen molar-refractivity contribution in [3.63, 3.8) is 0 Å². The summed E-state index contributed by atoms with van der Waals surface area (Å²) in [6.07, 6.45) is 3.64. The van der Waals surface area contributed by atoms with Gasteiger partial charge < -0.3 is 9.72 Å². The van der Waals surface area contributed by atoms with Gasteiger partial charge in [-0.15, -0.1) is 0 Å². The number of imidazole rings is 1. The van der Waals surface area contributed by atoms with Crippen LogP contribution in [0, 0.1) is 10.5 Å². The number of hydrogen-bond acceptors (Lipinski definition) is 2. The molecule has 0 radical (unpaired) electrons. The van der Waals surface area contributed by atoms with Crippen molar-refractivity contribution in [2.75, 3.05) is 5.32 Å². The number of benzene rings is 1. The molecule has 0 saturated carbocycles. The van der Waals surface area contributed by atoms with E-state index in [2.05, 4.69) is 32.9 Å². The van der Waals surface area contributed by atoms with Gasteiger partial charge in [0.05, 0.1) is 0 Å². The van der Waals surface area contributed by atoms with Gasteiger partial charge in [0.25, 0.3) is 5.91 Å². The summed E-state index contributed by atoms with van der Waals surface area (Å²) in [5, 5.41) is 2.84. The maximum atomic E-state index is 12.2. The first kappa shape index (κ1) is 13.1. The van der Waals surface area contributed by atoms with Crippen LogP contribution in [-0.4, -0.2) is 15.3 Å². The van der Waals surface area contributed by atoms with Crippen LogP contribution in [0.3, 0.4) is 0 Å². The molecule has 0 aliphatic rings. The van der Waals surface area contributed by atoms with Crippen molar-refractivity contribution in [1.29, 1.82) is 0 Å². The number of anilines is 1. The van der Waals surface area contributed by atoms with Crippen LogP contribution in [0.5, 0.6) is 0 Å². The zero-order chi connectivity index (χ0) is 14.1. The van der Waals surface area contributed by atoms with Crippen LogP contribution in [0.15, 0.2) is 48.8 Å². The van der Waals surface area contributed by atoms with E-state index in [1.165, 1.54) is 0 Å². The summed E-state index contributed by atoms with van der Waals surface area (Å²) in [7, 11) is 0. The number of hydrogen-bond donors (Lipinski definition) is 1. The molecule has 0 fully saturated rings. The Morgan fingerprint density at radius 1 is 1.25 bits per heavy atom. The molecule has 3 rings (SSSR count). The SMILES string of the molecule is Cc1ccn2cc(C(=O)Nc3ccc(I)cc3)nc2c1. The molecule has 0 aliphatic heterocycles. The van der Waals surface area contributed by atoms with E-state index in [0.717, 1.165) is 20.5 Å². The standard InChI is InChI=1S/C15H12IN3O/c1-10-6-7-19-9-13(18-14(19)8-10)15(20)17-12-4-2-11(16)3-5-12/h2-9H,1H3,(H,17,20). The highest BCUT2D eigenvalue weighted by atomic mass is 127. The Hall–Kier alpha value is -1.89. The lowest BCUT2D eigenvalue weighted by Gasteiger charge is -2.02. The maximum absolute atomic E-state index is 12.2. The summed E-state index contributed by atoms with van der Waals surface area (Å²) in [5.74, 6) is -0.201. The van der Waals surface area contributed by atoms with Crippen LogP contribution in [0.2, 0.25) is 0 Å². The Kier molecular flexibility index (Phi) is 3.43. The molecule has 1 N–H and O–H groups in total. The number of pyridine rings is 1. The van der Waals surface area contributed by atoms with E-state index in [1.54, 1.807) is 6.20 Å². The summed E-state index contributed by atoms with van der Waals surface area (Å²) in [6.45, 7) is 2.00. The lowest BCUT2D eigenvalue weighted by atomic mass is 10.3. The highest BCUT2D eigenvalue weighted by Gasteiger charge is 2.10. The first-order valence-corrected chi connectivity index (χ1v) is 7.22. The van der Waals surface area contributed by atoms with E-state index in [9.17, 15) is 4.79 Å². The summed E-state index contributed by atoms with van der Waals surface area (Å²) in [4.78, 5) is 16.5. The second kappa shape index (κ2) is 5.24. The van der Waals surface area contributed by atoms with Crippen LogP contribution >= 0.6 is 22.6 Å². The second-order valence-electron chi connectivity index (χ2n) is 4.56. The lowest BCUT2D eigenvalue weighted by Crippen LogP contribution is -2.12. The number of carbonyl (C=O) groups excluding carboxylic acids is 1. The number of aromatic nitrogens is 2. The summed E-state index contributed by atoms with van der Waals surface area (Å²) < 4.78 is 2.97. The normalized spacial score (nSPS) is 10.7. The smallest absolute Gasteiger partial charge is 0.275 e. The molecule has 2 heterocycles. The molecule has 0 atom stereocenters. The summed E-state index contributed by atoms with van der Waals surface area (Å²) >= 11 is 2.23. The Labute approximate surface area is 130 Å². The highest BCUT2D eigenvalue weighted by Crippen LogP contribution is 2.13. The monoisotopic (exact) mass is 377 g/mol. The molecule has 0 spiro atoms. The van der Waals surface area contributed by atoms with Crippen molar-refractivity contribution < 1.29 is 4.79 Å². The molecule has 4 nitrogen and oxygen atoms in total. The van der Waals surface area contributed by atoms with Crippen molar-refractivity contribution in [3.05, 3.63) is 63.6 Å². The van der Waals surface area contributed by atoms with Gasteiger partial charge in [0.2, 0.25) is 0 Å². The fraction of sp³-hybridized carbons (Fsp3) is 0.0667. The third-order valence-electron chi connectivity index (χ3n) is 2.95. The molecule has 0 unspecified atom stereocenters. The quantitative estimate of drug-likeness (QED) is 0.695. The number of amides is 1. The van der Waals surface area contributed by atoms with Gasteiger partial charge >= 0.3 is 0 Å². The Balaban J connectivity index is 1.86. The molecule has 1 amide bonds. The Bertz CT molecular complexity index is 777. The van der Waals surface area contributed by atoms with Crippen LogP contribution < -0.4 is 5.32 Å². The van der Waals surface area contributed by atoms with E-state index >= 15 is 0 Å². The Morgan fingerprint density at radius 2 is 2.00 bits per heavy atom. The number of halogens is 1.